The van der Waals surface area contributed by atoms with Crippen LogP contribution >= 0.6 is 0 Å². The number of guanidine groups is 1. The van der Waals surface area contributed by atoms with Gasteiger partial charge in [0.1, 0.15) is 0 Å². The van der Waals surface area contributed by atoms with Crippen LogP contribution in [0.25, 0.3) is 0 Å². The fraction of sp³-hybridized carbons (Fsp3) is 0.647. The summed E-state index contributed by atoms with van der Waals surface area (Å²) in [6.07, 6.45) is 3.89. The predicted octanol–water partition coefficient (Wildman–Crippen LogP) is 1.50. The second-order valence-corrected chi connectivity index (χ2v) is 5.78. The van der Waals surface area contributed by atoms with Gasteiger partial charge in [-0.05, 0) is 31.4 Å². The second kappa shape index (κ2) is 10.2. The van der Waals surface area contributed by atoms with E-state index in [-0.39, 0.29) is 0 Å². The molecule has 1 aliphatic heterocycles. The number of aryl methyl sites for hydroxylation is 1. The summed E-state index contributed by atoms with van der Waals surface area (Å²) in [7, 11) is 1.78. The van der Waals surface area contributed by atoms with Crippen LogP contribution in [-0.4, -0.2) is 51.0 Å². The van der Waals surface area contributed by atoms with Crippen LogP contribution in [0.2, 0.25) is 0 Å². The molecule has 1 saturated heterocycles. The normalized spacial score (nSPS) is 18.2. The van der Waals surface area contributed by atoms with Crippen molar-refractivity contribution >= 4 is 5.96 Å². The summed E-state index contributed by atoms with van der Waals surface area (Å²) in [5.41, 5.74) is 2.22. The van der Waals surface area contributed by atoms with Crippen molar-refractivity contribution in [2.45, 2.75) is 26.3 Å². The number of aliphatic imine (C=N–C) groups is 1. The van der Waals surface area contributed by atoms with Crippen molar-refractivity contribution < 1.29 is 9.47 Å². The minimum absolute atomic E-state index is 0.582. The molecule has 2 N–H and O–H groups in total. The van der Waals surface area contributed by atoms with E-state index in [1.807, 2.05) is 12.3 Å². The average Bonchev–Trinajstić information content (AvgIpc) is 3.08. The highest BCUT2D eigenvalue weighted by Gasteiger charge is 2.15. The minimum atomic E-state index is 0.582. The zero-order valence-corrected chi connectivity index (χ0v) is 14.2. The molecule has 23 heavy (non-hydrogen) atoms. The Morgan fingerprint density at radius 2 is 2.39 bits per heavy atom. The number of nitrogens with one attached hydrogen (secondary N) is 2. The molecule has 1 aliphatic rings. The van der Waals surface area contributed by atoms with Gasteiger partial charge < -0.3 is 20.1 Å². The lowest BCUT2D eigenvalue weighted by Gasteiger charge is -2.13. The van der Waals surface area contributed by atoms with E-state index >= 15 is 0 Å². The third-order valence-electron chi connectivity index (χ3n) is 3.90. The van der Waals surface area contributed by atoms with Crippen LogP contribution in [0.5, 0.6) is 0 Å². The molecule has 0 saturated carbocycles. The first-order valence-electron chi connectivity index (χ1n) is 8.30. The van der Waals surface area contributed by atoms with E-state index < -0.39 is 0 Å². The highest BCUT2D eigenvalue weighted by molar-refractivity contribution is 5.79. The summed E-state index contributed by atoms with van der Waals surface area (Å²) in [4.78, 5) is 8.59. The van der Waals surface area contributed by atoms with Crippen LogP contribution in [0.4, 0.5) is 0 Å². The molecule has 0 amide bonds. The van der Waals surface area contributed by atoms with Crippen molar-refractivity contribution in [3.8, 4) is 0 Å². The average molecular weight is 320 g/mol. The Morgan fingerprint density at radius 3 is 3.13 bits per heavy atom. The molecule has 2 heterocycles. The van der Waals surface area contributed by atoms with Gasteiger partial charge in [0.2, 0.25) is 0 Å². The van der Waals surface area contributed by atoms with Gasteiger partial charge in [-0.2, -0.15) is 0 Å². The number of ether oxygens (including phenoxy) is 2. The Bertz CT molecular complexity index is 487. The molecular formula is C17H28N4O2. The van der Waals surface area contributed by atoms with Crippen LogP contribution in [0.1, 0.15) is 24.1 Å². The Balaban J connectivity index is 1.55. The van der Waals surface area contributed by atoms with E-state index in [1.165, 1.54) is 5.56 Å². The van der Waals surface area contributed by atoms with Gasteiger partial charge in [0, 0.05) is 38.9 Å². The van der Waals surface area contributed by atoms with Gasteiger partial charge in [-0.1, -0.05) is 6.07 Å². The van der Waals surface area contributed by atoms with Gasteiger partial charge >= 0.3 is 0 Å². The summed E-state index contributed by atoms with van der Waals surface area (Å²) >= 11 is 0. The summed E-state index contributed by atoms with van der Waals surface area (Å²) in [6.45, 7) is 6.88. The van der Waals surface area contributed by atoms with Crippen LogP contribution in [0.15, 0.2) is 23.3 Å². The summed E-state index contributed by atoms with van der Waals surface area (Å²) in [6, 6.07) is 4.01. The predicted molar refractivity (Wildman–Crippen MR) is 91.5 cm³/mol. The molecule has 1 fully saturated rings. The van der Waals surface area contributed by atoms with Gasteiger partial charge in [-0.25, -0.2) is 0 Å². The fourth-order valence-electron chi connectivity index (χ4n) is 2.44. The van der Waals surface area contributed by atoms with Crippen molar-refractivity contribution in [2.75, 3.05) is 40.0 Å². The third-order valence-corrected chi connectivity index (χ3v) is 3.90. The Morgan fingerprint density at radius 1 is 1.48 bits per heavy atom. The van der Waals surface area contributed by atoms with E-state index in [2.05, 4.69) is 33.6 Å². The molecule has 128 valence electrons. The standard InChI is InChI=1S/C17H28N4O2/c1-14-5-3-7-19-16(14)11-21-17(18-2)20-8-4-9-22-12-15-6-10-23-13-15/h3,5,7,15H,4,6,8-13H2,1-2H3,(H2,18,20,21). The van der Waals surface area contributed by atoms with Crippen molar-refractivity contribution in [1.29, 1.82) is 0 Å². The van der Waals surface area contributed by atoms with Gasteiger partial charge in [0.05, 0.1) is 25.5 Å². The maximum Gasteiger partial charge on any atom is 0.191 e. The van der Waals surface area contributed by atoms with E-state index in [9.17, 15) is 0 Å². The molecule has 1 aromatic heterocycles. The molecule has 0 radical (unpaired) electrons. The molecule has 0 aromatic carbocycles. The molecule has 0 spiro atoms. The van der Waals surface area contributed by atoms with Crippen LogP contribution < -0.4 is 10.6 Å². The smallest absolute Gasteiger partial charge is 0.191 e. The molecule has 2 rings (SSSR count). The SMILES string of the molecule is CN=C(NCCCOCC1CCOC1)NCc1ncccc1C. The Hall–Kier alpha value is -1.66. The number of rotatable bonds is 8. The van der Waals surface area contributed by atoms with Crippen molar-refractivity contribution in [1.82, 2.24) is 15.6 Å². The van der Waals surface area contributed by atoms with Gasteiger partial charge in [0.25, 0.3) is 0 Å². The maximum absolute atomic E-state index is 5.69. The van der Waals surface area contributed by atoms with Gasteiger partial charge in [-0.3, -0.25) is 9.98 Å². The first kappa shape index (κ1) is 17.7. The lowest BCUT2D eigenvalue weighted by atomic mass is 10.1. The zero-order chi connectivity index (χ0) is 16.3. The van der Waals surface area contributed by atoms with E-state index in [0.717, 1.165) is 57.5 Å². The highest BCUT2D eigenvalue weighted by atomic mass is 16.5. The number of hydrogen-bond donors (Lipinski definition) is 2. The number of hydrogen-bond acceptors (Lipinski definition) is 4. The molecule has 1 aromatic rings. The summed E-state index contributed by atoms with van der Waals surface area (Å²) < 4.78 is 11.0. The first-order valence-corrected chi connectivity index (χ1v) is 8.30. The molecule has 1 atom stereocenters. The number of nitrogens with zero attached hydrogens (tertiary/aromatic N) is 2. The van der Waals surface area contributed by atoms with E-state index in [0.29, 0.717) is 12.5 Å². The lowest BCUT2D eigenvalue weighted by Crippen LogP contribution is -2.37. The van der Waals surface area contributed by atoms with Gasteiger partial charge in [0.15, 0.2) is 5.96 Å². The van der Waals surface area contributed by atoms with E-state index in [4.69, 9.17) is 9.47 Å². The monoisotopic (exact) mass is 320 g/mol. The summed E-state index contributed by atoms with van der Waals surface area (Å²) in [5.74, 6) is 1.37. The molecule has 6 nitrogen and oxygen atoms in total. The first-order chi connectivity index (χ1) is 11.3. The van der Waals surface area contributed by atoms with Crippen LogP contribution in [0.3, 0.4) is 0 Å². The van der Waals surface area contributed by atoms with Crippen molar-refractivity contribution in [3.63, 3.8) is 0 Å². The molecule has 6 heteroatoms. The fourth-order valence-corrected chi connectivity index (χ4v) is 2.44. The van der Waals surface area contributed by atoms with Crippen molar-refractivity contribution in [2.24, 2.45) is 10.9 Å². The van der Waals surface area contributed by atoms with Crippen LogP contribution in [0, 0.1) is 12.8 Å². The minimum Gasteiger partial charge on any atom is -0.381 e. The largest absolute Gasteiger partial charge is 0.381 e. The van der Waals surface area contributed by atoms with Gasteiger partial charge in [-0.15, -0.1) is 0 Å². The molecule has 0 aliphatic carbocycles. The van der Waals surface area contributed by atoms with Crippen LogP contribution in [-0.2, 0) is 16.0 Å². The topological polar surface area (TPSA) is 67.8 Å². The van der Waals surface area contributed by atoms with E-state index in [1.54, 1.807) is 7.05 Å². The molecule has 0 bridgehead atoms. The molecular weight excluding hydrogens is 292 g/mol. The zero-order valence-electron chi connectivity index (χ0n) is 14.2. The third kappa shape index (κ3) is 6.54. The Kier molecular flexibility index (Phi) is 7.83. The highest BCUT2D eigenvalue weighted by Crippen LogP contribution is 2.12. The lowest BCUT2D eigenvalue weighted by molar-refractivity contribution is 0.0888. The number of pyridine rings is 1. The van der Waals surface area contributed by atoms with Crippen molar-refractivity contribution in [3.05, 3.63) is 29.6 Å². The summed E-state index contributed by atoms with van der Waals surface area (Å²) in [5, 5.41) is 6.58. The maximum atomic E-state index is 5.69. The second-order valence-electron chi connectivity index (χ2n) is 5.78. The number of aromatic nitrogens is 1. The quantitative estimate of drug-likeness (QED) is 0.432. The molecule has 1 unspecified atom stereocenters. The Labute approximate surface area is 138 Å².